The van der Waals surface area contributed by atoms with E-state index in [9.17, 15) is 0 Å². The molecule has 0 nitrogen and oxygen atoms in total. The Kier molecular flexibility index (Phi) is 6.51. The summed E-state index contributed by atoms with van der Waals surface area (Å²) in [7, 11) is 0. The lowest BCUT2D eigenvalue weighted by molar-refractivity contribution is 0.274. The van der Waals surface area contributed by atoms with Crippen molar-refractivity contribution in [2.24, 2.45) is 22.2 Å². The predicted octanol–water partition coefficient (Wildman–Crippen LogP) is 12.2. The number of hydrogen-bond donors (Lipinski definition) is 0. The van der Waals surface area contributed by atoms with Crippen LogP contribution in [0.1, 0.15) is 130 Å². The quantitative estimate of drug-likeness (QED) is 0.302. The zero-order chi connectivity index (χ0) is 34.3. The van der Waals surface area contributed by atoms with Gasteiger partial charge in [0.05, 0.1) is 0 Å². The summed E-state index contributed by atoms with van der Waals surface area (Å²) < 4.78 is 0. The Morgan fingerprint density at radius 1 is 0.640 bits per heavy atom. The number of fused-ring (bicyclic) bond motifs is 2. The Morgan fingerprint density at radius 2 is 1.22 bits per heavy atom. The SMILES string of the molecule is CC1(C)C2=C(CCC=C2)C2=C1C=C(C1=CC3=C(CC1)C1=C(C=C(c4ccc5ccc6c7c5c4=CCC7CC(C(C)(C)C)C=6)CC1)C3(C)C)CC2. The van der Waals surface area contributed by atoms with E-state index in [-0.39, 0.29) is 10.8 Å². The first kappa shape index (κ1) is 31.1. The molecule has 0 radical (unpaired) electrons. The van der Waals surface area contributed by atoms with Crippen molar-refractivity contribution in [2.45, 2.75) is 119 Å². The second-order valence-electron chi connectivity index (χ2n) is 19.0. The standard InChI is InChI=1S/C50H54/c1-48(2,3)35-24-33-13-12-29-14-19-36(41-23-18-34(25-35)46(33)47(29)41)32-17-22-40-39-21-16-31(27-44(39)50(6,7)45(40)28-32)30-15-20-38-37-10-8-9-11-42(37)49(4,5)43(38)26-30/h9,11-14,19,23-24,26-28,34-35H,8,10,15-18,20-22,25H2,1-7H3. The van der Waals surface area contributed by atoms with Crippen LogP contribution in [-0.4, -0.2) is 0 Å². The highest BCUT2D eigenvalue weighted by molar-refractivity contribution is 5.93. The Balaban J connectivity index is 1.01. The second kappa shape index (κ2) is 10.5. The van der Waals surface area contributed by atoms with Crippen LogP contribution in [0.4, 0.5) is 0 Å². The van der Waals surface area contributed by atoms with Crippen LogP contribution in [0.3, 0.4) is 0 Å². The molecule has 0 saturated heterocycles. The summed E-state index contributed by atoms with van der Waals surface area (Å²) in [5.41, 5.74) is 21.5. The maximum absolute atomic E-state index is 2.67. The minimum atomic E-state index is 0.0404. The summed E-state index contributed by atoms with van der Waals surface area (Å²) in [5, 5.41) is 5.99. The topological polar surface area (TPSA) is 0 Å². The van der Waals surface area contributed by atoms with E-state index in [2.05, 4.69) is 115 Å². The van der Waals surface area contributed by atoms with Crippen LogP contribution >= 0.6 is 0 Å². The van der Waals surface area contributed by atoms with Gasteiger partial charge in [-0.2, -0.15) is 0 Å². The van der Waals surface area contributed by atoms with Crippen LogP contribution in [0.2, 0.25) is 0 Å². The molecule has 10 rings (SSSR count). The highest BCUT2D eigenvalue weighted by Gasteiger charge is 2.43. The zero-order valence-electron chi connectivity index (χ0n) is 31.6. The van der Waals surface area contributed by atoms with Gasteiger partial charge in [-0.3, -0.25) is 0 Å². The fourth-order valence-electron chi connectivity index (χ4n) is 11.7. The minimum absolute atomic E-state index is 0.0404. The van der Waals surface area contributed by atoms with Crippen molar-refractivity contribution >= 4 is 28.5 Å². The van der Waals surface area contributed by atoms with Gasteiger partial charge >= 0.3 is 0 Å². The molecule has 2 aromatic carbocycles. The maximum atomic E-state index is 2.67. The van der Waals surface area contributed by atoms with Crippen LogP contribution in [0.25, 0.3) is 28.5 Å². The lowest BCUT2D eigenvalue weighted by Gasteiger charge is -2.37. The van der Waals surface area contributed by atoms with Crippen LogP contribution < -0.4 is 10.4 Å². The van der Waals surface area contributed by atoms with Crippen LogP contribution in [0.5, 0.6) is 0 Å². The molecule has 0 bridgehead atoms. The van der Waals surface area contributed by atoms with E-state index in [1.54, 1.807) is 72.3 Å². The van der Waals surface area contributed by atoms with Gasteiger partial charge < -0.3 is 0 Å². The Bertz CT molecular complexity index is 2330. The summed E-state index contributed by atoms with van der Waals surface area (Å²) in [6.45, 7) is 17.2. The van der Waals surface area contributed by atoms with Crippen LogP contribution in [0, 0.1) is 22.2 Å². The van der Waals surface area contributed by atoms with Crippen molar-refractivity contribution in [3.8, 4) is 0 Å². The molecule has 8 aliphatic carbocycles. The number of rotatable bonds is 2. The van der Waals surface area contributed by atoms with Crippen molar-refractivity contribution in [2.75, 3.05) is 0 Å². The summed E-state index contributed by atoms with van der Waals surface area (Å²) in [6.07, 6.45) is 30.0. The smallest absolute Gasteiger partial charge is 0.0152 e. The summed E-state index contributed by atoms with van der Waals surface area (Å²) in [6, 6.07) is 9.70. The maximum Gasteiger partial charge on any atom is 0.0152 e. The predicted molar refractivity (Wildman–Crippen MR) is 213 cm³/mol. The van der Waals surface area contributed by atoms with Gasteiger partial charge in [0.25, 0.3) is 0 Å². The molecule has 2 aromatic rings. The third kappa shape index (κ3) is 4.29. The van der Waals surface area contributed by atoms with Crippen LogP contribution in [0.15, 0.2) is 110 Å². The van der Waals surface area contributed by atoms with Gasteiger partial charge in [-0.25, -0.2) is 0 Å². The Labute approximate surface area is 300 Å². The molecule has 0 saturated carbocycles. The molecule has 0 aromatic heterocycles. The third-order valence-corrected chi connectivity index (χ3v) is 14.6. The molecular formula is C50H54. The summed E-state index contributed by atoms with van der Waals surface area (Å²) in [4.78, 5) is 0. The first-order valence-electron chi connectivity index (χ1n) is 19.9. The van der Waals surface area contributed by atoms with Crippen molar-refractivity contribution < 1.29 is 0 Å². The van der Waals surface area contributed by atoms with Gasteiger partial charge in [0.1, 0.15) is 0 Å². The average molecular weight is 655 g/mol. The first-order valence-corrected chi connectivity index (χ1v) is 19.9. The Morgan fingerprint density at radius 3 is 1.88 bits per heavy atom. The Hall–Kier alpha value is -3.64. The monoisotopic (exact) mass is 654 g/mol. The van der Waals surface area contributed by atoms with Gasteiger partial charge in [-0.05, 0) is 175 Å². The zero-order valence-corrected chi connectivity index (χ0v) is 31.6. The van der Waals surface area contributed by atoms with E-state index in [1.165, 1.54) is 79.2 Å². The number of benzene rings is 2. The molecule has 0 heteroatoms. The van der Waals surface area contributed by atoms with Gasteiger partial charge in [0.2, 0.25) is 0 Å². The average Bonchev–Trinajstić information content (AvgIpc) is 3.48. The van der Waals surface area contributed by atoms with Crippen molar-refractivity contribution in [1.29, 1.82) is 0 Å². The molecule has 0 amide bonds. The fraction of sp³-hybridized carbons (Fsp3) is 0.440. The molecule has 2 atom stereocenters. The van der Waals surface area contributed by atoms with Crippen molar-refractivity contribution in [3.63, 3.8) is 0 Å². The molecule has 254 valence electrons. The first-order chi connectivity index (χ1) is 23.9. The lowest BCUT2D eigenvalue weighted by atomic mass is 9.68. The van der Waals surface area contributed by atoms with Gasteiger partial charge in [0.15, 0.2) is 0 Å². The largest absolute Gasteiger partial charge is 0.0839 e. The van der Waals surface area contributed by atoms with Gasteiger partial charge in [0, 0.05) is 10.8 Å². The molecule has 0 aliphatic heterocycles. The summed E-state index contributed by atoms with van der Waals surface area (Å²) in [5.74, 6) is 1.28. The summed E-state index contributed by atoms with van der Waals surface area (Å²) >= 11 is 0. The number of hydrogen-bond acceptors (Lipinski definition) is 0. The van der Waals surface area contributed by atoms with Crippen LogP contribution in [-0.2, 0) is 0 Å². The van der Waals surface area contributed by atoms with E-state index in [0.717, 1.165) is 6.42 Å². The van der Waals surface area contributed by atoms with E-state index >= 15 is 0 Å². The van der Waals surface area contributed by atoms with Gasteiger partial charge in [-0.1, -0.05) is 115 Å². The fourth-order valence-corrected chi connectivity index (χ4v) is 11.7. The molecule has 0 N–H and O–H groups in total. The highest BCUT2D eigenvalue weighted by Crippen LogP contribution is 2.58. The van der Waals surface area contributed by atoms with E-state index in [1.807, 2.05) is 0 Å². The molecule has 2 unspecified atom stereocenters. The molecule has 0 heterocycles. The van der Waals surface area contributed by atoms with Crippen molar-refractivity contribution in [1.82, 2.24) is 0 Å². The number of allylic oxidation sites excluding steroid dienone is 16. The van der Waals surface area contributed by atoms with E-state index in [0.29, 0.717) is 17.3 Å². The van der Waals surface area contributed by atoms with E-state index < -0.39 is 0 Å². The molecule has 0 spiro atoms. The minimum Gasteiger partial charge on any atom is -0.0839 e. The highest BCUT2D eigenvalue weighted by atomic mass is 14.5. The van der Waals surface area contributed by atoms with Crippen molar-refractivity contribution in [3.05, 3.63) is 132 Å². The molecule has 50 heavy (non-hydrogen) atoms. The second-order valence-corrected chi connectivity index (χ2v) is 19.0. The van der Waals surface area contributed by atoms with Gasteiger partial charge in [-0.15, -0.1) is 0 Å². The lowest BCUT2D eigenvalue weighted by Crippen LogP contribution is -2.33. The molecule has 0 fully saturated rings. The third-order valence-electron chi connectivity index (χ3n) is 14.6. The van der Waals surface area contributed by atoms with E-state index in [4.69, 9.17) is 0 Å². The molecular weight excluding hydrogens is 601 g/mol. The molecule has 8 aliphatic rings. The normalized spacial score (nSPS) is 27.3.